The van der Waals surface area contributed by atoms with Crippen LogP contribution in [0.25, 0.3) is 0 Å². The maximum absolute atomic E-state index is 4.71. The molecule has 0 saturated carbocycles. The highest BCUT2D eigenvalue weighted by Gasteiger charge is 2.06. The second-order valence-electron chi connectivity index (χ2n) is 5.69. The van der Waals surface area contributed by atoms with Gasteiger partial charge in [0.15, 0.2) is 0 Å². The zero-order chi connectivity index (χ0) is 15.2. The molecule has 0 aliphatic rings. The summed E-state index contributed by atoms with van der Waals surface area (Å²) in [6, 6.07) is 6.72. The molecule has 0 aliphatic carbocycles. The van der Waals surface area contributed by atoms with E-state index in [1.165, 1.54) is 0 Å². The van der Waals surface area contributed by atoms with Crippen LogP contribution in [0.5, 0.6) is 0 Å². The number of hydrogen-bond acceptors (Lipinski definition) is 5. The van der Waals surface area contributed by atoms with Crippen LogP contribution >= 0.6 is 11.3 Å². The van der Waals surface area contributed by atoms with Crippen molar-refractivity contribution in [3.8, 4) is 0 Å². The summed E-state index contributed by atoms with van der Waals surface area (Å²) in [6.45, 7) is 8.86. The maximum Gasteiger partial charge on any atom is 0.0897 e. The Morgan fingerprint density at radius 2 is 1.86 bits per heavy atom. The average molecular weight is 304 g/mol. The van der Waals surface area contributed by atoms with Gasteiger partial charge < -0.3 is 5.32 Å². The van der Waals surface area contributed by atoms with E-state index in [9.17, 15) is 0 Å². The van der Waals surface area contributed by atoms with Gasteiger partial charge in [0.2, 0.25) is 0 Å². The summed E-state index contributed by atoms with van der Waals surface area (Å²) in [6.07, 6.45) is 0. The standard InChI is InChI=1S/C16H24N4S/c1-12(2)17-8-14-6-5-7-15(19-14)9-20(4)10-16-11-21-13(3)18-16/h5-7,11-12,17H,8-10H2,1-4H3. The minimum Gasteiger partial charge on any atom is -0.309 e. The first-order valence-electron chi connectivity index (χ1n) is 7.30. The van der Waals surface area contributed by atoms with E-state index < -0.39 is 0 Å². The summed E-state index contributed by atoms with van der Waals surface area (Å²) in [5.41, 5.74) is 3.34. The Kier molecular flexibility index (Phi) is 5.85. The third kappa shape index (κ3) is 5.53. The third-order valence-corrected chi connectivity index (χ3v) is 3.91. The van der Waals surface area contributed by atoms with E-state index in [2.05, 4.69) is 59.7 Å². The van der Waals surface area contributed by atoms with E-state index >= 15 is 0 Å². The molecule has 114 valence electrons. The molecular formula is C16H24N4S. The minimum absolute atomic E-state index is 0.478. The second-order valence-corrected chi connectivity index (χ2v) is 6.75. The molecule has 0 atom stereocenters. The van der Waals surface area contributed by atoms with Gasteiger partial charge in [0.25, 0.3) is 0 Å². The molecule has 1 N–H and O–H groups in total. The number of rotatable bonds is 7. The smallest absolute Gasteiger partial charge is 0.0897 e. The summed E-state index contributed by atoms with van der Waals surface area (Å²) < 4.78 is 0. The molecule has 0 radical (unpaired) electrons. The summed E-state index contributed by atoms with van der Waals surface area (Å²) in [4.78, 5) is 11.5. The van der Waals surface area contributed by atoms with Crippen LogP contribution in [-0.4, -0.2) is 28.0 Å². The zero-order valence-electron chi connectivity index (χ0n) is 13.3. The summed E-state index contributed by atoms with van der Waals surface area (Å²) in [5, 5.41) is 6.65. The van der Waals surface area contributed by atoms with Crippen molar-refractivity contribution < 1.29 is 0 Å². The fraction of sp³-hybridized carbons (Fsp3) is 0.500. The number of pyridine rings is 1. The SMILES string of the molecule is Cc1nc(CN(C)Cc2cccc(CNC(C)C)n2)cs1. The van der Waals surface area contributed by atoms with Gasteiger partial charge in [-0.1, -0.05) is 19.9 Å². The Bertz CT molecular complexity index is 565. The molecule has 0 fully saturated rings. The van der Waals surface area contributed by atoms with Gasteiger partial charge in [-0.25, -0.2) is 4.98 Å². The number of hydrogen-bond donors (Lipinski definition) is 1. The fourth-order valence-corrected chi connectivity index (χ4v) is 2.72. The van der Waals surface area contributed by atoms with E-state index in [0.29, 0.717) is 6.04 Å². The summed E-state index contributed by atoms with van der Waals surface area (Å²) >= 11 is 1.70. The molecule has 4 nitrogen and oxygen atoms in total. The van der Waals surface area contributed by atoms with E-state index in [4.69, 9.17) is 4.98 Å². The highest BCUT2D eigenvalue weighted by molar-refractivity contribution is 7.09. The molecule has 0 aliphatic heterocycles. The quantitative estimate of drug-likeness (QED) is 0.854. The lowest BCUT2D eigenvalue weighted by Gasteiger charge is -2.15. The lowest BCUT2D eigenvalue weighted by atomic mass is 10.2. The van der Waals surface area contributed by atoms with Crippen LogP contribution in [0.4, 0.5) is 0 Å². The Morgan fingerprint density at radius 3 is 2.52 bits per heavy atom. The van der Waals surface area contributed by atoms with Crippen LogP contribution in [0, 0.1) is 6.92 Å². The normalized spacial score (nSPS) is 11.5. The van der Waals surface area contributed by atoms with Crippen molar-refractivity contribution in [2.75, 3.05) is 7.05 Å². The van der Waals surface area contributed by atoms with E-state index in [1.807, 2.05) is 6.92 Å². The highest BCUT2D eigenvalue weighted by atomic mass is 32.1. The van der Waals surface area contributed by atoms with Crippen molar-refractivity contribution >= 4 is 11.3 Å². The molecule has 0 bridgehead atoms. The third-order valence-electron chi connectivity index (χ3n) is 3.09. The molecule has 0 aromatic carbocycles. The van der Waals surface area contributed by atoms with Crippen LogP contribution in [0.2, 0.25) is 0 Å². The van der Waals surface area contributed by atoms with Crippen molar-refractivity contribution in [1.82, 2.24) is 20.2 Å². The second kappa shape index (κ2) is 7.64. The van der Waals surface area contributed by atoms with Crippen molar-refractivity contribution in [2.45, 2.75) is 46.4 Å². The van der Waals surface area contributed by atoms with Gasteiger partial charge in [-0.2, -0.15) is 0 Å². The Morgan fingerprint density at radius 1 is 1.14 bits per heavy atom. The molecule has 21 heavy (non-hydrogen) atoms. The topological polar surface area (TPSA) is 41.1 Å². The van der Waals surface area contributed by atoms with Crippen LogP contribution in [0.15, 0.2) is 23.6 Å². The largest absolute Gasteiger partial charge is 0.309 e. The lowest BCUT2D eigenvalue weighted by molar-refractivity contribution is 0.311. The lowest BCUT2D eigenvalue weighted by Crippen LogP contribution is -2.23. The first kappa shape index (κ1) is 16.1. The van der Waals surface area contributed by atoms with Crippen LogP contribution in [0.1, 0.15) is 35.9 Å². The van der Waals surface area contributed by atoms with Gasteiger partial charge in [0, 0.05) is 31.1 Å². The molecule has 2 aromatic rings. The average Bonchev–Trinajstić information content (AvgIpc) is 2.82. The fourth-order valence-electron chi connectivity index (χ4n) is 2.11. The Balaban J connectivity index is 1.91. The predicted molar refractivity (Wildman–Crippen MR) is 88.2 cm³/mol. The van der Waals surface area contributed by atoms with E-state index in [-0.39, 0.29) is 0 Å². The molecule has 2 heterocycles. The van der Waals surface area contributed by atoms with Gasteiger partial charge >= 0.3 is 0 Å². The monoisotopic (exact) mass is 304 g/mol. The highest BCUT2D eigenvalue weighted by Crippen LogP contribution is 2.11. The van der Waals surface area contributed by atoms with Crippen LogP contribution in [0.3, 0.4) is 0 Å². The van der Waals surface area contributed by atoms with Gasteiger partial charge in [-0.15, -0.1) is 11.3 Å². The molecular weight excluding hydrogens is 280 g/mol. The predicted octanol–water partition coefficient (Wildman–Crippen LogP) is 2.98. The summed E-state index contributed by atoms with van der Waals surface area (Å²) in [7, 11) is 2.11. The van der Waals surface area contributed by atoms with Crippen molar-refractivity contribution in [3.63, 3.8) is 0 Å². The molecule has 0 unspecified atom stereocenters. The molecule has 2 aromatic heterocycles. The molecule has 0 amide bonds. The molecule has 5 heteroatoms. The zero-order valence-corrected chi connectivity index (χ0v) is 14.1. The van der Waals surface area contributed by atoms with Crippen molar-refractivity contribution in [2.24, 2.45) is 0 Å². The van der Waals surface area contributed by atoms with E-state index in [0.717, 1.165) is 41.7 Å². The number of thiazole rings is 1. The molecule has 0 spiro atoms. The first-order chi connectivity index (χ1) is 10.0. The minimum atomic E-state index is 0.478. The number of nitrogens with one attached hydrogen (secondary N) is 1. The van der Waals surface area contributed by atoms with Gasteiger partial charge in [0.05, 0.1) is 22.1 Å². The van der Waals surface area contributed by atoms with Crippen molar-refractivity contribution in [3.05, 3.63) is 45.7 Å². The number of aryl methyl sites for hydroxylation is 1. The van der Waals surface area contributed by atoms with E-state index in [1.54, 1.807) is 11.3 Å². The van der Waals surface area contributed by atoms with Gasteiger partial charge in [-0.05, 0) is 26.1 Å². The summed E-state index contributed by atoms with van der Waals surface area (Å²) in [5.74, 6) is 0. The number of nitrogens with zero attached hydrogens (tertiary/aromatic N) is 3. The van der Waals surface area contributed by atoms with Crippen molar-refractivity contribution in [1.29, 1.82) is 0 Å². The number of aromatic nitrogens is 2. The van der Waals surface area contributed by atoms with Gasteiger partial charge in [0.1, 0.15) is 0 Å². The maximum atomic E-state index is 4.71. The van der Waals surface area contributed by atoms with Crippen LogP contribution < -0.4 is 5.32 Å². The Hall–Kier alpha value is -1.30. The molecule has 0 saturated heterocycles. The first-order valence-corrected chi connectivity index (χ1v) is 8.18. The van der Waals surface area contributed by atoms with Crippen LogP contribution in [-0.2, 0) is 19.6 Å². The Labute approximate surface area is 131 Å². The van der Waals surface area contributed by atoms with Gasteiger partial charge in [-0.3, -0.25) is 9.88 Å². The molecule has 2 rings (SSSR count).